The number of aryl methyl sites for hydroxylation is 1. The Kier molecular flexibility index (Phi) is 6.83. The zero-order valence-corrected chi connectivity index (χ0v) is 20.7. The molecule has 3 aromatic rings. The van der Waals surface area contributed by atoms with Gasteiger partial charge in [0.2, 0.25) is 0 Å². The van der Waals surface area contributed by atoms with Crippen molar-refractivity contribution in [2.75, 3.05) is 26.2 Å². The van der Waals surface area contributed by atoms with Gasteiger partial charge in [0.1, 0.15) is 18.0 Å². The highest BCUT2D eigenvalue weighted by atomic mass is 32.1. The maximum atomic E-state index is 10.6. The molecule has 1 N–H and O–H groups in total. The number of hydrogen-bond donors (Lipinski definition) is 1. The molecule has 0 spiro atoms. The number of aliphatic hydroxyl groups excluding tert-OH is 1. The van der Waals surface area contributed by atoms with Crippen LogP contribution in [0.1, 0.15) is 30.8 Å². The van der Waals surface area contributed by atoms with Crippen molar-refractivity contribution in [3.8, 4) is 5.75 Å². The second-order valence-corrected chi connectivity index (χ2v) is 10.5. The topological polar surface area (TPSA) is 70.4 Å². The van der Waals surface area contributed by atoms with Crippen molar-refractivity contribution in [2.45, 2.75) is 51.7 Å². The van der Waals surface area contributed by atoms with Gasteiger partial charge in [-0.1, -0.05) is 35.5 Å². The summed E-state index contributed by atoms with van der Waals surface area (Å²) in [5.74, 6) is 0.739. The summed E-state index contributed by atoms with van der Waals surface area (Å²) in [6, 6.07) is 16.4. The number of thiazole rings is 1. The molecule has 0 aliphatic carbocycles. The summed E-state index contributed by atoms with van der Waals surface area (Å²) < 4.78 is 7.46. The number of aliphatic hydroxyl groups is 1. The minimum absolute atomic E-state index is 0.0751. The van der Waals surface area contributed by atoms with E-state index in [1.165, 1.54) is 0 Å². The molecular weight excluding hydrogens is 448 g/mol. The van der Waals surface area contributed by atoms with E-state index in [0.717, 1.165) is 64.8 Å². The first-order valence-electron chi connectivity index (χ1n) is 11.9. The average Bonchev–Trinajstić information content (AvgIpc) is 3.43. The minimum Gasteiger partial charge on any atom is -0.472 e. The second kappa shape index (κ2) is 10.00. The average molecular weight is 481 g/mol. The van der Waals surface area contributed by atoms with Crippen LogP contribution in [0.2, 0.25) is 0 Å². The van der Waals surface area contributed by atoms with Gasteiger partial charge in [0.15, 0.2) is 6.23 Å². The summed E-state index contributed by atoms with van der Waals surface area (Å²) in [5, 5.41) is 15.9. The van der Waals surface area contributed by atoms with Gasteiger partial charge in [0.25, 0.3) is 0 Å². The van der Waals surface area contributed by atoms with E-state index in [9.17, 15) is 5.11 Å². The Bertz CT molecular complexity index is 1150. The maximum Gasteiger partial charge on any atom is 0.178 e. The number of hydrogen-bond acceptors (Lipinski definition) is 8. The normalized spacial score (nSPS) is 23.5. The lowest BCUT2D eigenvalue weighted by Crippen LogP contribution is -2.60. The number of oxime groups is 1. The number of aromatic nitrogens is 1. The number of fused-ring (bicyclic) bond motifs is 1. The van der Waals surface area contributed by atoms with Gasteiger partial charge >= 0.3 is 0 Å². The largest absolute Gasteiger partial charge is 0.472 e. The first kappa shape index (κ1) is 23.2. The first-order chi connectivity index (χ1) is 16.5. The van der Waals surface area contributed by atoms with Gasteiger partial charge in [-0.05, 0) is 38.5 Å². The molecule has 2 aliphatic rings. The van der Waals surface area contributed by atoms with Crippen molar-refractivity contribution in [1.82, 2.24) is 14.8 Å². The molecule has 0 bridgehead atoms. The smallest absolute Gasteiger partial charge is 0.178 e. The minimum atomic E-state index is -0.623. The Hall–Kier alpha value is -2.52. The molecule has 4 atom stereocenters. The molecule has 1 fully saturated rings. The van der Waals surface area contributed by atoms with Crippen LogP contribution in [0.5, 0.6) is 5.75 Å². The SMILES string of the molecule is Cc1nc2cc(OC([C@@H](C)O)N3CCN(C[C@H]4CC(c5ccccc5)=NO4)C[C@@H]3C)ccc2s1. The fourth-order valence-electron chi connectivity index (χ4n) is 4.88. The van der Waals surface area contributed by atoms with Gasteiger partial charge in [-0.2, -0.15) is 0 Å². The Morgan fingerprint density at radius 3 is 2.79 bits per heavy atom. The molecule has 1 saturated heterocycles. The third-order valence-electron chi connectivity index (χ3n) is 6.53. The van der Waals surface area contributed by atoms with Crippen LogP contribution in [0.3, 0.4) is 0 Å². The molecule has 0 radical (unpaired) electrons. The fourth-order valence-corrected chi connectivity index (χ4v) is 5.69. The van der Waals surface area contributed by atoms with E-state index in [1.807, 2.05) is 43.3 Å². The van der Waals surface area contributed by atoms with Gasteiger partial charge in [0, 0.05) is 44.7 Å². The number of ether oxygens (including phenoxy) is 1. The predicted molar refractivity (Wildman–Crippen MR) is 136 cm³/mol. The van der Waals surface area contributed by atoms with Crippen molar-refractivity contribution < 1.29 is 14.7 Å². The Morgan fingerprint density at radius 2 is 2.03 bits per heavy atom. The predicted octanol–water partition coefficient (Wildman–Crippen LogP) is 3.89. The lowest BCUT2D eigenvalue weighted by Gasteiger charge is -2.44. The van der Waals surface area contributed by atoms with Crippen LogP contribution in [-0.2, 0) is 4.84 Å². The van der Waals surface area contributed by atoms with E-state index in [0.29, 0.717) is 0 Å². The monoisotopic (exact) mass is 480 g/mol. The van der Waals surface area contributed by atoms with Crippen LogP contribution < -0.4 is 4.74 Å². The van der Waals surface area contributed by atoms with Crippen molar-refractivity contribution in [1.29, 1.82) is 0 Å². The third kappa shape index (κ3) is 5.10. The summed E-state index contributed by atoms with van der Waals surface area (Å²) in [7, 11) is 0. The molecule has 8 heteroatoms. The number of piperazine rings is 1. The lowest BCUT2D eigenvalue weighted by atomic mass is 10.0. The molecule has 3 heterocycles. The van der Waals surface area contributed by atoms with E-state index >= 15 is 0 Å². The molecule has 180 valence electrons. The van der Waals surface area contributed by atoms with Crippen LogP contribution in [0, 0.1) is 6.92 Å². The molecule has 2 aliphatic heterocycles. The van der Waals surface area contributed by atoms with E-state index in [1.54, 1.807) is 18.3 Å². The van der Waals surface area contributed by atoms with Gasteiger partial charge < -0.3 is 14.7 Å². The van der Waals surface area contributed by atoms with Crippen LogP contribution in [0.4, 0.5) is 0 Å². The molecular formula is C26H32N4O3S. The van der Waals surface area contributed by atoms with Gasteiger partial charge in [-0.3, -0.25) is 9.80 Å². The van der Waals surface area contributed by atoms with Crippen LogP contribution >= 0.6 is 11.3 Å². The summed E-state index contributed by atoms with van der Waals surface area (Å²) in [5.41, 5.74) is 3.09. The molecule has 5 rings (SSSR count). The quantitative estimate of drug-likeness (QED) is 0.553. The van der Waals surface area contributed by atoms with Crippen LogP contribution in [-0.4, -0.2) is 76.3 Å². The molecule has 0 saturated carbocycles. The van der Waals surface area contributed by atoms with Gasteiger partial charge in [-0.25, -0.2) is 4.98 Å². The van der Waals surface area contributed by atoms with E-state index in [2.05, 4.69) is 39.0 Å². The van der Waals surface area contributed by atoms with Gasteiger partial charge in [0.05, 0.1) is 20.9 Å². The van der Waals surface area contributed by atoms with Crippen molar-refractivity contribution in [3.63, 3.8) is 0 Å². The Morgan fingerprint density at radius 1 is 1.21 bits per heavy atom. The number of nitrogens with zero attached hydrogens (tertiary/aromatic N) is 4. The summed E-state index contributed by atoms with van der Waals surface area (Å²) in [6.07, 6.45) is -0.130. The van der Waals surface area contributed by atoms with Crippen molar-refractivity contribution in [3.05, 3.63) is 59.1 Å². The van der Waals surface area contributed by atoms with Crippen LogP contribution in [0.15, 0.2) is 53.7 Å². The molecule has 0 amide bonds. The zero-order chi connectivity index (χ0) is 23.7. The van der Waals surface area contributed by atoms with Crippen molar-refractivity contribution >= 4 is 27.3 Å². The molecule has 7 nitrogen and oxygen atoms in total. The Labute approximate surface area is 204 Å². The number of rotatable bonds is 7. The maximum absolute atomic E-state index is 10.6. The summed E-state index contributed by atoms with van der Waals surface area (Å²) in [6.45, 7) is 9.44. The molecule has 1 aromatic heterocycles. The van der Waals surface area contributed by atoms with E-state index in [-0.39, 0.29) is 12.1 Å². The summed E-state index contributed by atoms with van der Waals surface area (Å²) >= 11 is 1.68. The Balaban J connectivity index is 1.18. The first-order valence-corrected chi connectivity index (χ1v) is 12.8. The lowest BCUT2D eigenvalue weighted by molar-refractivity contribution is -0.0984. The molecule has 34 heavy (non-hydrogen) atoms. The highest BCUT2D eigenvalue weighted by molar-refractivity contribution is 7.18. The fraction of sp³-hybridized carbons (Fsp3) is 0.462. The third-order valence-corrected chi connectivity index (χ3v) is 7.48. The zero-order valence-electron chi connectivity index (χ0n) is 19.9. The molecule has 1 unspecified atom stereocenters. The highest BCUT2D eigenvalue weighted by Gasteiger charge is 2.35. The number of benzene rings is 2. The standard InChI is InChI=1S/C26H32N4O3S/c1-17-15-29(16-22-14-23(28-33-22)20-7-5-4-6-8-20)11-12-30(17)26(18(2)31)32-21-9-10-25-24(13-21)27-19(3)34-25/h4-10,13,17-18,22,26,31H,11-12,14-16H2,1-3H3/t17-,18+,22+,26?/m0/s1. The van der Waals surface area contributed by atoms with Gasteiger partial charge in [-0.15, -0.1) is 11.3 Å². The molecule has 2 aromatic carbocycles. The van der Waals surface area contributed by atoms with E-state index < -0.39 is 12.3 Å². The second-order valence-electron chi connectivity index (χ2n) is 9.29. The van der Waals surface area contributed by atoms with Crippen molar-refractivity contribution in [2.24, 2.45) is 5.16 Å². The van der Waals surface area contributed by atoms with Crippen LogP contribution in [0.25, 0.3) is 10.2 Å². The summed E-state index contributed by atoms with van der Waals surface area (Å²) in [4.78, 5) is 15.0. The van der Waals surface area contributed by atoms with E-state index in [4.69, 9.17) is 9.57 Å². The highest BCUT2D eigenvalue weighted by Crippen LogP contribution is 2.28.